The summed E-state index contributed by atoms with van der Waals surface area (Å²) in [6.07, 6.45) is 1.58. The van der Waals surface area contributed by atoms with Crippen LogP contribution in [0.5, 0.6) is 0 Å². The molecule has 0 bridgehead atoms. The molecule has 1 heterocycles. The van der Waals surface area contributed by atoms with E-state index in [0.717, 1.165) is 5.56 Å². The molecule has 0 aliphatic carbocycles. The van der Waals surface area contributed by atoms with Gasteiger partial charge in [-0.05, 0) is 18.9 Å². The van der Waals surface area contributed by atoms with Crippen LogP contribution in [0.4, 0.5) is 0 Å². The molecule has 130 valence electrons. The van der Waals surface area contributed by atoms with Crippen molar-refractivity contribution in [2.24, 2.45) is 0 Å². The van der Waals surface area contributed by atoms with Crippen molar-refractivity contribution in [2.75, 3.05) is 13.7 Å². The first-order valence-electron chi connectivity index (χ1n) is 8.18. The number of nitrogens with zero attached hydrogens (tertiary/aromatic N) is 1. The van der Waals surface area contributed by atoms with Crippen LogP contribution in [-0.4, -0.2) is 42.4 Å². The second-order valence-electron chi connectivity index (χ2n) is 6.08. The van der Waals surface area contributed by atoms with E-state index in [2.05, 4.69) is 10.1 Å². The van der Waals surface area contributed by atoms with Crippen molar-refractivity contribution in [3.63, 3.8) is 0 Å². The molecule has 1 aliphatic heterocycles. The van der Waals surface area contributed by atoms with Crippen LogP contribution in [0, 0.1) is 6.92 Å². The average Bonchev–Trinajstić information content (AvgIpc) is 2.89. The summed E-state index contributed by atoms with van der Waals surface area (Å²) < 4.78 is 4.53. The Hall–Kier alpha value is -2.37. The van der Waals surface area contributed by atoms with Crippen molar-refractivity contribution in [3.05, 3.63) is 35.4 Å². The van der Waals surface area contributed by atoms with Crippen LogP contribution >= 0.6 is 0 Å². The summed E-state index contributed by atoms with van der Waals surface area (Å²) >= 11 is 0. The summed E-state index contributed by atoms with van der Waals surface area (Å²) in [6.45, 7) is 2.80. The molecule has 1 unspecified atom stereocenters. The van der Waals surface area contributed by atoms with Gasteiger partial charge < -0.3 is 15.0 Å². The maximum absolute atomic E-state index is 12.1. The fraction of sp³-hybridized carbons (Fsp3) is 0.500. The Labute approximate surface area is 142 Å². The summed E-state index contributed by atoms with van der Waals surface area (Å²) in [6, 6.07) is 7.97. The molecule has 2 rings (SSSR count). The van der Waals surface area contributed by atoms with E-state index in [1.54, 1.807) is 4.90 Å². The lowest BCUT2D eigenvalue weighted by Crippen LogP contribution is -2.37. The molecule has 0 radical (unpaired) electrons. The van der Waals surface area contributed by atoms with Gasteiger partial charge in [-0.25, -0.2) is 0 Å². The maximum atomic E-state index is 12.1. The minimum atomic E-state index is -0.354. The van der Waals surface area contributed by atoms with E-state index in [4.69, 9.17) is 0 Å². The second-order valence-corrected chi connectivity index (χ2v) is 6.08. The van der Waals surface area contributed by atoms with Gasteiger partial charge in [0, 0.05) is 32.0 Å². The van der Waals surface area contributed by atoms with E-state index < -0.39 is 0 Å². The van der Waals surface area contributed by atoms with Crippen molar-refractivity contribution >= 4 is 17.8 Å². The second kappa shape index (κ2) is 8.47. The summed E-state index contributed by atoms with van der Waals surface area (Å²) in [7, 11) is 1.32. The zero-order chi connectivity index (χ0) is 17.5. The topological polar surface area (TPSA) is 75.7 Å². The lowest BCUT2D eigenvalue weighted by Gasteiger charge is -2.24. The number of carbonyl (C=O) groups excluding carboxylic acids is 3. The summed E-state index contributed by atoms with van der Waals surface area (Å²) in [5.74, 6) is -0.414. The van der Waals surface area contributed by atoms with Gasteiger partial charge in [0.1, 0.15) is 0 Å². The molecule has 1 aromatic carbocycles. The van der Waals surface area contributed by atoms with Crippen LogP contribution in [0.15, 0.2) is 24.3 Å². The molecule has 6 nitrogen and oxygen atoms in total. The molecule has 0 saturated carbocycles. The predicted octanol–water partition coefficient (Wildman–Crippen LogP) is 1.56. The van der Waals surface area contributed by atoms with Crippen LogP contribution < -0.4 is 5.32 Å². The number of likely N-dealkylation sites (tertiary alicyclic amines) is 1. The molecule has 24 heavy (non-hydrogen) atoms. The largest absolute Gasteiger partial charge is 0.469 e. The number of aryl methyl sites for hydroxylation is 1. The number of methoxy groups -OCH3 is 1. The van der Waals surface area contributed by atoms with Crippen molar-refractivity contribution in [1.82, 2.24) is 10.2 Å². The highest BCUT2D eigenvalue weighted by Gasteiger charge is 2.32. The number of amides is 2. The Morgan fingerprint density at radius 1 is 1.29 bits per heavy atom. The Morgan fingerprint density at radius 2 is 2.00 bits per heavy atom. The van der Waals surface area contributed by atoms with Gasteiger partial charge in [0.2, 0.25) is 11.8 Å². The third-order valence-electron chi connectivity index (χ3n) is 4.23. The first-order valence-corrected chi connectivity index (χ1v) is 8.18. The number of esters is 1. The first-order chi connectivity index (χ1) is 11.5. The molecule has 2 amide bonds. The fourth-order valence-corrected chi connectivity index (χ4v) is 2.81. The molecule has 1 aliphatic rings. The number of hydrogen-bond acceptors (Lipinski definition) is 4. The SMILES string of the molecule is COC(=O)CCNC(=O)CC1CCC(=O)N1Cc1ccc(C)cc1. The third kappa shape index (κ3) is 5.08. The average molecular weight is 332 g/mol. The molecule has 0 spiro atoms. The van der Waals surface area contributed by atoms with Gasteiger partial charge in [0.15, 0.2) is 0 Å². The Kier molecular flexibility index (Phi) is 6.35. The van der Waals surface area contributed by atoms with E-state index in [1.807, 2.05) is 31.2 Å². The van der Waals surface area contributed by atoms with E-state index in [9.17, 15) is 14.4 Å². The Balaban J connectivity index is 1.86. The standard InChI is InChI=1S/C18H24N2O4/c1-13-3-5-14(6-4-13)12-20-15(7-8-17(20)22)11-16(21)19-10-9-18(23)24-2/h3-6,15H,7-12H2,1-2H3,(H,19,21). The molecular weight excluding hydrogens is 308 g/mol. The summed E-state index contributed by atoms with van der Waals surface area (Å²) in [5, 5.41) is 2.70. The minimum Gasteiger partial charge on any atom is -0.469 e. The summed E-state index contributed by atoms with van der Waals surface area (Å²) in [5.41, 5.74) is 2.24. The van der Waals surface area contributed by atoms with Crippen molar-refractivity contribution in [3.8, 4) is 0 Å². The van der Waals surface area contributed by atoms with E-state index in [-0.39, 0.29) is 43.2 Å². The van der Waals surface area contributed by atoms with Crippen molar-refractivity contribution < 1.29 is 19.1 Å². The quantitative estimate of drug-likeness (QED) is 0.769. The molecule has 1 saturated heterocycles. The Bertz CT molecular complexity index is 598. The molecule has 0 aromatic heterocycles. The van der Waals surface area contributed by atoms with Crippen molar-refractivity contribution in [2.45, 2.75) is 45.2 Å². The van der Waals surface area contributed by atoms with E-state index >= 15 is 0 Å². The van der Waals surface area contributed by atoms with Crippen LogP contribution in [0.25, 0.3) is 0 Å². The number of hydrogen-bond donors (Lipinski definition) is 1. The van der Waals surface area contributed by atoms with E-state index in [0.29, 0.717) is 19.4 Å². The van der Waals surface area contributed by atoms with Crippen LogP contribution in [0.3, 0.4) is 0 Å². The highest BCUT2D eigenvalue weighted by molar-refractivity contribution is 5.82. The van der Waals surface area contributed by atoms with Gasteiger partial charge in [-0.15, -0.1) is 0 Å². The molecule has 6 heteroatoms. The highest BCUT2D eigenvalue weighted by atomic mass is 16.5. The molecular formula is C18H24N2O4. The van der Waals surface area contributed by atoms with Crippen molar-refractivity contribution in [1.29, 1.82) is 0 Å². The monoisotopic (exact) mass is 332 g/mol. The number of rotatable bonds is 7. The number of ether oxygens (including phenoxy) is 1. The molecule has 1 fully saturated rings. The van der Waals surface area contributed by atoms with Gasteiger partial charge in [-0.3, -0.25) is 14.4 Å². The fourth-order valence-electron chi connectivity index (χ4n) is 2.81. The number of carbonyl (C=O) groups is 3. The van der Waals surface area contributed by atoms with Crippen LogP contribution in [0.2, 0.25) is 0 Å². The number of benzene rings is 1. The first kappa shape index (κ1) is 18.0. The van der Waals surface area contributed by atoms with Gasteiger partial charge >= 0.3 is 5.97 Å². The van der Waals surface area contributed by atoms with Gasteiger partial charge in [-0.2, -0.15) is 0 Å². The zero-order valence-electron chi connectivity index (χ0n) is 14.2. The molecule has 1 atom stereocenters. The smallest absolute Gasteiger partial charge is 0.307 e. The summed E-state index contributed by atoms with van der Waals surface area (Å²) in [4.78, 5) is 36.9. The molecule has 1 N–H and O–H groups in total. The highest BCUT2D eigenvalue weighted by Crippen LogP contribution is 2.24. The van der Waals surface area contributed by atoms with Crippen LogP contribution in [0.1, 0.15) is 36.8 Å². The molecule has 1 aromatic rings. The normalized spacial score (nSPS) is 17.0. The third-order valence-corrected chi connectivity index (χ3v) is 4.23. The predicted molar refractivity (Wildman–Crippen MR) is 89.0 cm³/mol. The number of nitrogens with one attached hydrogen (secondary N) is 1. The zero-order valence-corrected chi connectivity index (χ0v) is 14.2. The van der Waals surface area contributed by atoms with Crippen LogP contribution in [-0.2, 0) is 25.7 Å². The lowest BCUT2D eigenvalue weighted by molar-refractivity contribution is -0.140. The Morgan fingerprint density at radius 3 is 2.67 bits per heavy atom. The van der Waals surface area contributed by atoms with Gasteiger partial charge in [0.25, 0.3) is 0 Å². The van der Waals surface area contributed by atoms with Gasteiger partial charge in [0.05, 0.1) is 13.5 Å². The van der Waals surface area contributed by atoms with E-state index in [1.165, 1.54) is 12.7 Å². The minimum absolute atomic E-state index is 0.0861. The van der Waals surface area contributed by atoms with Gasteiger partial charge in [-0.1, -0.05) is 29.8 Å². The lowest BCUT2D eigenvalue weighted by atomic mass is 10.1. The maximum Gasteiger partial charge on any atom is 0.307 e.